The Balaban J connectivity index is 1.50. The van der Waals surface area contributed by atoms with Crippen LogP contribution in [0.3, 0.4) is 0 Å². The number of benzene rings is 1. The third kappa shape index (κ3) is 5.08. The number of hydrogen-bond acceptors (Lipinski definition) is 6. The van der Waals surface area contributed by atoms with E-state index in [-0.39, 0.29) is 18.0 Å². The Morgan fingerprint density at radius 2 is 1.89 bits per heavy atom. The molecule has 0 fully saturated rings. The lowest BCUT2D eigenvalue weighted by Gasteiger charge is -2.13. The van der Waals surface area contributed by atoms with Gasteiger partial charge in [0, 0.05) is 5.69 Å². The summed E-state index contributed by atoms with van der Waals surface area (Å²) in [5, 5.41) is 7.19. The van der Waals surface area contributed by atoms with E-state index < -0.39 is 18.0 Å². The molecule has 2 N–H and O–H groups in total. The number of thiophene rings is 1. The first-order valence-corrected chi connectivity index (χ1v) is 9.37. The second-order valence-electron chi connectivity index (χ2n) is 5.85. The van der Waals surface area contributed by atoms with Gasteiger partial charge in [0.05, 0.1) is 23.2 Å². The van der Waals surface area contributed by atoms with Crippen LogP contribution in [-0.2, 0) is 16.1 Å². The van der Waals surface area contributed by atoms with Crippen molar-refractivity contribution in [3.8, 4) is 0 Å². The van der Waals surface area contributed by atoms with Crippen molar-refractivity contribution in [2.45, 2.75) is 19.6 Å². The fraction of sp³-hybridized carbons (Fsp3) is 0.150. The van der Waals surface area contributed by atoms with Crippen LogP contribution >= 0.6 is 11.3 Å². The molecule has 0 saturated heterocycles. The summed E-state index contributed by atoms with van der Waals surface area (Å²) in [7, 11) is 0. The highest BCUT2D eigenvalue weighted by atomic mass is 32.1. The van der Waals surface area contributed by atoms with Crippen molar-refractivity contribution in [3.63, 3.8) is 0 Å². The molecule has 0 unspecified atom stereocenters. The van der Waals surface area contributed by atoms with E-state index in [1.54, 1.807) is 36.4 Å². The molecule has 3 aromatic rings. The van der Waals surface area contributed by atoms with E-state index in [0.717, 1.165) is 0 Å². The molecule has 0 bridgehead atoms. The molecule has 8 heteroatoms. The molecular weight excluding hydrogens is 380 g/mol. The van der Waals surface area contributed by atoms with Gasteiger partial charge >= 0.3 is 5.97 Å². The third-order valence-corrected chi connectivity index (χ3v) is 4.66. The Morgan fingerprint density at radius 1 is 1.11 bits per heavy atom. The number of anilines is 1. The monoisotopic (exact) mass is 398 g/mol. The van der Waals surface area contributed by atoms with Crippen LogP contribution in [0.4, 0.5) is 5.69 Å². The minimum atomic E-state index is -0.958. The maximum absolute atomic E-state index is 12.2. The van der Waals surface area contributed by atoms with Gasteiger partial charge in [0.25, 0.3) is 11.8 Å². The summed E-state index contributed by atoms with van der Waals surface area (Å²) in [6.45, 7) is 1.71. The maximum atomic E-state index is 12.2. The van der Waals surface area contributed by atoms with E-state index >= 15 is 0 Å². The molecular formula is C20H18N2O5S. The standard InChI is InChI=1S/C20H18N2O5S/c1-13(18(23)21-12-16-4-2-10-26-16)27-20(25)14-6-8-15(9-7-14)22-19(24)17-5-3-11-28-17/h2-11,13H,12H2,1H3,(H,21,23)(H,22,24)/t13-/m1/s1. The summed E-state index contributed by atoms with van der Waals surface area (Å²) < 4.78 is 10.3. The van der Waals surface area contributed by atoms with Gasteiger partial charge in [0.15, 0.2) is 6.10 Å². The van der Waals surface area contributed by atoms with Crippen LogP contribution in [0.25, 0.3) is 0 Å². The molecule has 144 valence electrons. The van der Waals surface area contributed by atoms with Crippen LogP contribution in [0.15, 0.2) is 64.6 Å². The number of amides is 2. The average molecular weight is 398 g/mol. The molecule has 2 aromatic heterocycles. The van der Waals surface area contributed by atoms with E-state index in [1.807, 2.05) is 5.38 Å². The van der Waals surface area contributed by atoms with Crippen LogP contribution in [0.5, 0.6) is 0 Å². The minimum Gasteiger partial charge on any atom is -0.467 e. The molecule has 2 heterocycles. The second kappa shape index (κ2) is 9.01. The van der Waals surface area contributed by atoms with Crippen molar-refractivity contribution in [2.24, 2.45) is 0 Å². The topological polar surface area (TPSA) is 97.6 Å². The summed E-state index contributed by atoms with van der Waals surface area (Å²) in [5.74, 6) is -0.666. The highest BCUT2D eigenvalue weighted by Gasteiger charge is 2.19. The predicted octanol–water partition coefficient (Wildman–Crippen LogP) is 3.46. The number of nitrogens with one attached hydrogen (secondary N) is 2. The summed E-state index contributed by atoms with van der Waals surface area (Å²) in [5.41, 5.74) is 0.832. The molecule has 0 radical (unpaired) electrons. The van der Waals surface area contributed by atoms with Gasteiger partial charge in [-0.2, -0.15) is 0 Å². The van der Waals surface area contributed by atoms with Gasteiger partial charge in [-0.1, -0.05) is 6.07 Å². The lowest BCUT2D eigenvalue weighted by Crippen LogP contribution is -2.35. The molecule has 3 rings (SSSR count). The van der Waals surface area contributed by atoms with E-state index in [0.29, 0.717) is 16.3 Å². The molecule has 0 saturated carbocycles. The number of ether oxygens (including phenoxy) is 1. The molecule has 28 heavy (non-hydrogen) atoms. The van der Waals surface area contributed by atoms with E-state index in [4.69, 9.17) is 9.15 Å². The molecule has 7 nitrogen and oxygen atoms in total. The van der Waals surface area contributed by atoms with Crippen molar-refractivity contribution in [1.29, 1.82) is 0 Å². The number of carbonyl (C=O) groups is 3. The van der Waals surface area contributed by atoms with Gasteiger partial charge in [-0.3, -0.25) is 9.59 Å². The number of furan rings is 1. The van der Waals surface area contributed by atoms with E-state index in [9.17, 15) is 14.4 Å². The largest absolute Gasteiger partial charge is 0.467 e. The lowest BCUT2D eigenvalue weighted by molar-refractivity contribution is -0.129. The Bertz CT molecular complexity index is 934. The predicted molar refractivity (Wildman–Crippen MR) is 104 cm³/mol. The van der Waals surface area contributed by atoms with Crippen molar-refractivity contribution in [3.05, 3.63) is 76.4 Å². The molecule has 1 atom stereocenters. The molecule has 0 aliphatic rings. The highest BCUT2D eigenvalue weighted by molar-refractivity contribution is 7.12. The SMILES string of the molecule is C[C@@H](OC(=O)c1ccc(NC(=O)c2cccs2)cc1)C(=O)NCc1ccco1. The van der Waals surface area contributed by atoms with E-state index in [2.05, 4.69) is 10.6 Å². The Labute approximate surface area is 165 Å². The van der Waals surface area contributed by atoms with Gasteiger partial charge in [0.2, 0.25) is 0 Å². The zero-order valence-electron chi connectivity index (χ0n) is 15.0. The summed E-state index contributed by atoms with van der Waals surface area (Å²) in [6.07, 6.45) is 0.554. The van der Waals surface area contributed by atoms with E-state index in [1.165, 1.54) is 36.7 Å². The van der Waals surface area contributed by atoms with Crippen molar-refractivity contribution in [2.75, 3.05) is 5.32 Å². The average Bonchev–Trinajstić information content (AvgIpc) is 3.40. The Morgan fingerprint density at radius 3 is 2.54 bits per heavy atom. The quantitative estimate of drug-likeness (QED) is 0.594. The number of esters is 1. The fourth-order valence-corrected chi connectivity index (χ4v) is 2.92. The molecule has 0 spiro atoms. The van der Waals surface area contributed by atoms with Gasteiger partial charge in [-0.15, -0.1) is 11.3 Å². The molecule has 2 amide bonds. The molecule has 0 aliphatic carbocycles. The van der Waals surface area contributed by atoms with Gasteiger partial charge < -0.3 is 19.8 Å². The lowest BCUT2D eigenvalue weighted by atomic mass is 10.2. The zero-order valence-corrected chi connectivity index (χ0v) is 15.8. The summed E-state index contributed by atoms with van der Waals surface area (Å²) >= 11 is 1.34. The maximum Gasteiger partial charge on any atom is 0.338 e. The normalized spacial score (nSPS) is 11.5. The van der Waals surface area contributed by atoms with Gasteiger partial charge in [-0.05, 0) is 54.8 Å². The van der Waals surface area contributed by atoms with Crippen molar-refractivity contribution >= 4 is 34.8 Å². The van der Waals surface area contributed by atoms with Gasteiger partial charge in [-0.25, -0.2) is 4.79 Å². The van der Waals surface area contributed by atoms with Crippen molar-refractivity contribution in [1.82, 2.24) is 5.32 Å². The van der Waals surface area contributed by atoms with Crippen LogP contribution in [-0.4, -0.2) is 23.9 Å². The van der Waals surface area contributed by atoms with Crippen molar-refractivity contribution < 1.29 is 23.5 Å². The Hall–Kier alpha value is -3.39. The number of rotatable bonds is 7. The number of carbonyl (C=O) groups excluding carboxylic acids is 3. The fourth-order valence-electron chi connectivity index (χ4n) is 2.30. The van der Waals surface area contributed by atoms with Crippen LogP contribution in [0.1, 0.15) is 32.7 Å². The zero-order chi connectivity index (χ0) is 19.9. The first-order chi connectivity index (χ1) is 13.5. The third-order valence-electron chi connectivity index (χ3n) is 3.79. The summed E-state index contributed by atoms with van der Waals surface area (Å²) in [4.78, 5) is 36.8. The molecule has 1 aromatic carbocycles. The summed E-state index contributed by atoms with van der Waals surface area (Å²) in [6, 6.07) is 13.2. The number of hydrogen-bond donors (Lipinski definition) is 2. The minimum absolute atomic E-state index is 0.215. The van der Waals surface area contributed by atoms with Crippen LogP contribution in [0.2, 0.25) is 0 Å². The van der Waals surface area contributed by atoms with Crippen LogP contribution < -0.4 is 10.6 Å². The van der Waals surface area contributed by atoms with Gasteiger partial charge in [0.1, 0.15) is 5.76 Å². The Kier molecular flexibility index (Phi) is 6.23. The first-order valence-electron chi connectivity index (χ1n) is 8.49. The first kappa shape index (κ1) is 19.4. The smallest absolute Gasteiger partial charge is 0.338 e. The van der Waals surface area contributed by atoms with Crippen LogP contribution in [0, 0.1) is 0 Å². The second-order valence-corrected chi connectivity index (χ2v) is 6.80. The highest BCUT2D eigenvalue weighted by Crippen LogP contribution is 2.15. The molecule has 0 aliphatic heterocycles.